The molecule has 0 amide bonds. The van der Waals surface area contributed by atoms with E-state index in [1.54, 1.807) is 6.07 Å². The highest BCUT2D eigenvalue weighted by Gasteiger charge is 2.03. The summed E-state index contributed by atoms with van der Waals surface area (Å²) in [6.45, 7) is 0.412. The van der Waals surface area contributed by atoms with Crippen molar-refractivity contribution in [2.45, 2.75) is 0 Å². The van der Waals surface area contributed by atoms with Gasteiger partial charge in [-0.25, -0.2) is 17.9 Å². The largest absolute Gasteiger partial charge is 0.491 e. The Morgan fingerprint density at radius 3 is 2.61 bits per heavy atom. The molecule has 0 heterocycles. The van der Waals surface area contributed by atoms with Gasteiger partial charge in [0, 0.05) is 6.07 Å². The van der Waals surface area contributed by atoms with Crippen LogP contribution in [-0.4, -0.2) is 34.0 Å². The number of primary sulfonamides is 1. The van der Waals surface area contributed by atoms with Crippen LogP contribution in [0, 0.1) is 5.82 Å². The number of ether oxygens (including phenoxy) is 2. The molecule has 0 fully saturated rings. The summed E-state index contributed by atoms with van der Waals surface area (Å²) in [6, 6.07) is 4.39. The normalized spacial score (nSPS) is 11.5. The highest BCUT2D eigenvalue weighted by Crippen LogP contribution is 2.20. The molecule has 0 bridgehead atoms. The van der Waals surface area contributed by atoms with Crippen LogP contribution in [0.25, 0.3) is 0 Å². The standard InChI is InChI=1S/C10H13BrFNO4S/c11-9-2-1-8(7-10(9)12)17-4-3-16-5-6-18(13,14)15/h1-2,7H,3-6H2,(H2,13,14,15). The van der Waals surface area contributed by atoms with Crippen molar-refractivity contribution in [3.05, 3.63) is 28.5 Å². The zero-order valence-corrected chi connectivity index (χ0v) is 11.8. The summed E-state index contributed by atoms with van der Waals surface area (Å²) in [4.78, 5) is 0. The fourth-order valence-electron chi connectivity index (χ4n) is 1.06. The third-order valence-corrected chi connectivity index (χ3v) is 3.28. The average molecular weight is 342 g/mol. The summed E-state index contributed by atoms with van der Waals surface area (Å²) in [6.07, 6.45) is 0. The van der Waals surface area contributed by atoms with Crippen molar-refractivity contribution in [2.24, 2.45) is 5.14 Å². The Morgan fingerprint density at radius 1 is 1.28 bits per heavy atom. The predicted molar refractivity (Wildman–Crippen MR) is 68.4 cm³/mol. The highest BCUT2D eigenvalue weighted by molar-refractivity contribution is 9.10. The lowest BCUT2D eigenvalue weighted by atomic mass is 10.3. The van der Waals surface area contributed by atoms with Gasteiger partial charge in [0.2, 0.25) is 10.0 Å². The van der Waals surface area contributed by atoms with E-state index in [0.29, 0.717) is 10.2 Å². The molecule has 0 radical (unpaired) electrons. The molecular formula is C10H13BrFNO4S. The average Bonchev–Trinajstić information content (AvgIpc) is 2.26. The Bertz CT molecular complexity index is 495. The van der Waals surface area contributed by atoms with Gasteiger partial charge in [0.1, 0.15) is 18.2 Å². The number of halogens is 2. The lowest BCUT2D eigenvalue weighted by Gasteiger charge is -2.07. The van der Waals surface area contributed by atoms with Gasteiger partial charge >= 0.3 is 0 Å². The molecule has 0 aliphatic carbocycles. The van der Waals surface area contributed by atoms with E-state index in [2.05, 4.69) is 15.9 Å². The summed E-state index contributed by atoms with van der Waals surface area (Å²) in [7, 11) is -3.49. The monoisotopic (exact) mass is 341 g/mol. The summed E-state index contributed by atoms with van der Waals surface area (Å²) < 4.78 is 44.8. The van der Waals surface area contributed by atoms with Gasteiger partial charge in [-0.2, -0.15) is 0 Å². The van der Waals surface area contributed by atoms with Crippen molar-refractivity contribution in [3.63, 3.8) is 0 Å². The van der Waals surface area contributed by atoms with E-state index in [4.69, 9.17) is 14.6 Å². The first-order valence-corrected chi connectivity index (χ1v) is 7.55. The molecule has 18 heavy (non-hydrogen) atoms. The zero-order chi connectivity index (χ0) is 13.6. The first-order valence-electron chi connectivity index (χ1n) is 5.04. The molecule has 102 valence electrons. The van der Waals surface area contributed by atoms with E-state index < -0.39 is 15.8 Å². The molecular weight excluding hydrogens is 329 g/mol. The lowest BCUT2D eigenvalue weighted by Crippen LogP contribution is -2.21. The maximum Gasteiger partial charge on any atom is 0.211 e. The van der Waals surface area contributed by atoms with E-state index in [0.717, 1.165) is 0 Å². The van der Waals surface area contributed by atoms with E-state index in [-0.39, 0.29) is 25.6 Å². The van der Waals surface area contributed by atoms with Crippen LogP contribution in [0.15, 0.2) is 22.7 Å². The van der Waals surface area contributed by atoms with E-state index >= 15 is 0 Å². The quantitative estimate of drug-likeness (QED) is 0.757. The molecule has 1 rings (SSSR count). The smallest absolute Gasteiger partial charge is 0.211 e. The summed E-state index contributed by atoms with van der Waals surface area (Å²) >= 11 is 3.03. The van der Waals surface area contributed by atoms with Gasteiger partial charge in [-0.15, -0.1) is 0 Å². The van der Waals surface area contributed by atoms with Gasteiger partial charge in [-0.05, 0) is 28.1 Å². The molecule has 0 spiro atoms. The van der Waals surface area contributed by atoms with Crippen molar-refractivity contribution in [3.8, 4) is 5.75 Å². The van der Waals surface area contributed by atoms with E-state index in [1.807, 2.05) is 0 Å². The van der Waals surface area contributed by atoms with Crippen LogP contribution in [0.1, 0.15) is 0 Å². The fourth-order valence-corrected chi connectivity index (χ4v) is 1.66. The number of nitrogens with two attached hydrogens (primary N) is 1. The molecule has 0 unspecified atom stereocenters. The van der Waals surface area contributed by atoms with Gasteiger partial charge in [0.05, 0.1) is 23.4 Å². The maximum atomic E-state index is 13.1. The second-order valence-corrected chi connectivity index (χ2v) is 5.99. The van der Waals surface area contributed by atoms with Gasteiger partial charge in [0.15, 0.2) is 0 Å². The van der Waals surface area contributed by atoms with Gasteiger partial charge in [-0.1, -0.05) is 0 Å². The topological polar surface area (TPSA) is 78.6 Å². The summed E-state index contributed by atoms with van der Waals surface area (Å²) in [5, 5.41) is 4.79. The SMILES string of the molecule is NS(=O)(=O)CCOCCOc1ccc(Br)c(F)c1. The maximum absolute atomic E-state index is 13.1. The van der Waals surface area contributed by atoms with Crippen LogP contribution in [0.2, 0.25) is 0 Å². The van der Waals surface area contributed by atoms with Crippen LogP contribution in [-0.2, 0) is 14.8 Å². The molecule has 5 nitrogen and oxygen atoms in total. The number of hydrogen-bond donors (Lipinski definition) is 1. The van der Waals surface area contributed by atoms with Gasteiger partial charge in [-0.3, -0.25) is 0 Å². The number of hydrogen-bond acceptors (Lipinski definition) is 4. The lowest BCUT2D eigenvalue weighted by molar-refractivity contribution is 0.111. The molecule has 0 aromatic heterocycles. The van der Waals surface area contributed by atoms with Crippen LogP contribution in [0.5, 0.6) is 5.75 Å². The second kappa shape index (κ2) is 7.03. The second-order valence-electron chi connectivity index (χ2n) is 3.40. The van der Waals surface area contributed by atoms with Crippen molar-refractivity contribution in [1.82, 2.24) is 0 Å². The predicted octanol–water partition coefficient (Wildman–Crippen LogP) is 1.27. The fraction of sp³-hybridized carbons (Fsp3) is 0.400. The van der Waals surface area contributed by atoms with E-state index in [1.165, 1.54) is 12.1 Å². The Morgan fingerprint density at radius 2 is 2.00 bits per heavy atom. The third kappa shape index (κ3) is 6.29. The molecule has 8 heteroatoms. The van der Waals surface area contributed by atoms with Crippen molar-refractivity contribution < 1.29 is 22.3 Å². The minimum atomic E-state index is -3.49. The Kier molecular flexibility index (Phi) is 6.00. The molecule has 2 N–H and O–H groups in total. The highest BCUT2D eigenvalue weighted by atomic mass is 79.9. The van der Waals surface area contributed by atoms with Crippen LogP contribution in [0.4, 0.5) is 4.39 Å². The number of sulfonamides is 1. The Labute approximate surface area is 113 Å². The van der Waals surface area contributed by atoms with Crippen LogP contribution in [0.3, 0.4) is 0 Å². The molecule has 0 aliphatic heterocycles. The van der Waals surface area contributed by atoms with Crippen molar-refractivity contribution >= 4 is 26.0 Å². The Balaban J connectivity index is 2.20. The molecule has 0 saturated carbocycles. The molecule has 0 aliphatic rings. The number of benzene rings is 1. The molecule has 1 aromatic carbocycles. The number of rotatable bonds is 7. The van der Waals surface area contributed by atoms with Crippen molar-refractivity contribution in [1.29, 1.82) is 0 Å². The zero-order valence-electron chi connectivity index (χ0n) is 9.43. The van der Waals surface area contributed by atoms with Gasteiger partial charge in [0.25, 0.3) is 0 Å². The molecule has 1 aromatic rings. The first kappa shape index (κ1) is 15.4. The third-order valence-electron chi connectivity index (χ3n) is 1.90. The first-order chi connectivity index (χ1) is 8.38. The van der Waals surface area contributed by atoms with E-state index in [9.17, 15) is 12.8 Å². The summed E-state index contributed by atoms with van der Waals surface area (Å²) in [5.41, 5.74) is 0. The van der Waals surface area contributed by atoms with Crippen LogP contribution < -0.4 is 9.88 Å². The Hall–Kier alpha value is -0.700. The molecule has 0 saturated heterocycles. The molecule has 0 atom stereocenters. The minimum absolute atomic E-state index is 0.0108. The van der Waals surface area contributed by atoms with Crippen molar-refractivity contribution in [2.75, 3.05) is 25.6 Å². The van der Waals surface area contributed by atoms with Gasteiger partial charge < -0.3 is 9.47 Å². The summed E-state index contributed by atoms with van der Waals surface area (Å²) in [5.74, 6) is -0.270. The van der Waals surface area contributed by atoms with Crippen LogP contribution >= 0.6 is 15.9 Å². The minimum Gasteiger partial charge on any atom is -0.491 e.